The number of esters is 1. The summed E-state index contributed by atoms with van der Waals surface area (Å²) >= 11 is 13.3. The summed E-state index contributed by atoms with van der Waals surface area (Å²) in [5.41, 5.74) is 1.46. The second kappa shape index (κ2) is 11.0. The van der Waals surface area contributed by atoms with Crippen molar-refractivity contribution in [3.63, 3.8) is 0 Å². The van der Waals surface area contributed by atoms with Crippen LogP contribution in [0.4, 0.5) is 0 Å². The van der Waals surface area contributed by atoms with Crippen molar-refractivity contribution in [1.82, 2.24) is 5.32 Å². The van der Waals surface area contributed by atoms with Crippen molar-refractivity contribution < 1.29 is 23.8 Å². The van der Waals surface area contributed by atoms with Crippen LogP contribution < -0.4 is 14.8 Å². The normalized spacial score (nSPS) is 15.9. The van der Waals surface area contributed by atoms with Crippen molar-refractivity contribution in [3.8, 4) is 11.5 Å². The fourth-order valence-electron chi connectivity index (χ4n) is 2.55. The number of carbonyl (C=O) groups is 2. The molecule has 1 N–H and O–H groups in total. The number of para-hydroxylation sites is 1. The summed E-state index contributed by atoms with van der Waals surface area (Å²) in [6.45, 7) is 0.163. The van der Waals surface area contributed by atoms with Crippen LogP contribution in [0.3, 0.4) is 0 Å². The van der Waals surface area contributed by atoms with E-state index >= 15 is 0 Å². The lowest BCUT2D eigenvalue weighted by molar-refractivity contribution is -0.135. The standard InChI is InChI=1S/C21H17Cl2N3O5S/c1-29-16-7-6-12(8-13(16)11-31-19-14(22)4-3-5-15(19)23)10-24-26-21-25-20(28)17(32-21)9-18(27)30-2/h3-10H,11H2,1-2H3,(H,25,26,28)/b17-9+,24-10?. The van der Waals surface area contributed by atoms with Crippen LogP contribution >= 0.6 is 35.0 Å². The Hall–Kier alpha value is -3.01. The molecule has 8 nitrogen and oxygen atoms in total. The number of thioether (sulfide) groups is 1. The molecule has 166 valence electrons. The molecule has 1 aliphatic rings. The number of halogens is 2. The molecular formula is C21H17Cl2N3O5S. The zero-order chi connectivity index (χ0) is 23.1. The molecule has 0 aliphatic carbocycles. The minimum Gasteiger partial charge on any atom is -0.496 e. The average Bonchev–Trinajstić information content (AvgIpc) is 3.12. The summed E-state index contributed by atoms with van der Waals surface area (Å²) in [6.07, 6.45) is 2.60. The Bertz CT molecular complexity index is 1110. The van der Waals surface area contributed by atoms with E-state index in [0.29, 0.717) is 21.5 Å². The van der Waals surface area contributed by atoms with E-state index in [-0.39, 0.29) is 16.7 Å². The van der Waals surface area contributed by atoms with E-state index in [4.69, 9.17) is 32.7 Å². The van der Waals surface area contributed by atoms with Gasteiger partial charge in [0, 0.05) is 11.6 Å². The second-order valence-electron chi connectivity index (χ2n) is 6.15. The van der Waals surface area contributed by atoms with Gasteiger partial charge in [-0.2, -0.15) is 5.10 Å². The Morgan fingerprint density at radius 2 is 1.94 bits per heavy atom. The number of rotatable bonds is 7. The first-order chi connectivity index (χ1) is 15.4. The number of methoxy groups -OCH3 is 2. The molecule has 1 heterocycles. The first kappa shape index (κ1) is 23.6. The van der Waals surface area contributed by atoms with Crippen molar-refractivity contribution in [2.75, 3.05) is 14.2 Å². The van der Waals surface area contributed by atoms with Crippen LogP contribution in [0.2, 0.25) is 10.0 Å². The fraction of sp³-hybridized carbons (Fsp3) is 0.143. The minimum absolute atomic E-state index is 0.163. The van der Waals surface area contributed by atoms with Gasteiger partial charge in [-0.3, -0.25) is 10.1 Å². The van der Waals surface area contributed by atoms with Crippen LogP contribution in [0.15, 0.2) is 57.6 Å². The maximum absolute atomic E-state index is 11.8. The van der Waals surface area contributed by atoms with Crippen LogP contribution in [0.1, 0.15) is 11.1 Å². The van der Waals surface area contributed by atoms with E-state index in [1.165, 1.54) is 13.3 Å². The summed E-state index contributed by atoms with van der Waals surface area (Å²) in [6, 6.07) is 10.5. The predicted octanol–water partition coefficient (Wildman–Crippen LogP) is 4.19. The third-order valence-electron chi connectivity index (χ3n) is 4.05. The highest BCUT2D eigenvalue weighted by Crippen LogP contribution is 2.33. The summed E-state index contributed by atoms with van der Waals surface area (Å²) in [5.74, 6) is -0.0732. The molecule has 0 atom stereocenters. The monoisotopic (exact) mass is 493 g/mol. The van der Waals surface area contributed by atoms with Crippen molar-refractivity contribution in [2.24, 2.45) is 10.2 Å². The number of nitrogens with one attached hydrogen (secondary N) is 1. The molecule has 0 aromatic heterocycles. The molecule has 0 saturated carbocycles. The van der Waals surface area contributed by atoms with Crippen LogP contribution in [-0.2, 0) is 20.9 Å². The largest absolute Gasteiger partial charge is 0.496 e. The van der Waals surface area contributed by atoms with Gasteiger partial charge < -0.3 is 14.2 Å². The van der Waals surface area contributed by atoms with Gasteiger partial charge in [-0.15, -0.1) is 5.10 Å². The maximum Gasteiger partial charge on any atom is 0.331 e. The zero-order valence-corrected chi connectivity index (χ0v) is 19.3. The quantitative estimate of drug-likeness (QED) is 0.268. The van der Waals surface area contributed by atoms with Crippen molar-refractivity contribution >= 4 is 58.2 Å². The van der Waals surface area contributed by atoms with Crippen molar-refractivity contribution in [2.45, 2.75) is 6.61 Å². The van der Waals surface area contributed by atoms with E-state index < -0.39 is 11.9 Å². The Balaban J connectivity index is 1.72. The van der Waals surface area contributed by atoms with E-state index in [0.717, 1.165) is 29.0 Å². The first-order valence-corrected chi connectivity index (χ1v) is 10.6. The van der Waals surface area contributed by atoms with E-state index in [1.54, 1.807) is 37.4 Å². The Morgan fingerprint density at radius 1 is 1.19 bits per heavy atom. The first-order valence-electron chi connectivity index (χ1n) is 9.05. The van der Waals surface area contributed by atoms with Gasteiger partial charge in [-0.05, 0) is 47.7 Å². The van der Waals surface area contributed by atoms with Gasteiger partial charge in [0.05, 0.1) is 35.4 Å². The Kier molecular flexibility index (Phi) is 8.15. The van der Waals surface area contributed by atoms with Crippen molar-refractivity contribution in [1.29, 1.82) is 0 Å². The third-order valence-corrected chi connectivity index (χ3v) is 5.55. The molecule has 32 heavy (non-hydrogen) atoms. The number of hydrogen-bond donors (Lipinski definition) is 1. The lowest BCUT2D eigenvalue weighted by Gasteiger charge is -2.13. The van der Waals surface area contributed by atoms with Gasteiger partial charge in [0.15, 0.2) is 10.9 Å². The SMILES string of the molecule is COC(=O)/C=C1/S/C(=N\N=Cc2ccc(OC)c(COc3c(Cl)cccc3Cl)c2)NC1=O. The molecule has 1 amide bonds. The summed E-state index contributed by atoms with van der Waals surface area (Å²) < 4.78 is 15.7. The van der Waals surface area contributed by atoms with Crippen molar-refractivity contribution in [3.05, 3.63) is 68.6 Å². The van der Waals surface area contributed by atoms with Gasteiger partial charge in [0.1, 0.15) is 12.4 Å². The smallest absolute Gasteiger partial charge is 0.331 e. The van der Waals surface area contributed by atoms with Crippen LogP contribution in [0, 0.1) is 0 Å². The molecule has 2 aromatic rings. The number of ether oxygens (including phenoxy) is 3. The van der Waals surface area contributed by atoms with Crippen LogP contribution in [-0.4, -0.2) is 37.5 Å². The summed E-state index contributed by atoms with van der Waals surface area (Å²) in [4.78, 5) is 23.3. The molecule has 3 rings (SSSR count). The zero-order valence-electron chi connectivity index (χ0n) is 16.9. The summed E-state index contributed by atoms with van der Waals surface area (Å²) in [7, 11) is 2.79. The number of benzene rings is 2. The highest BCUT2D eigenvalue weighted by Gasteiger charge is 2.25. The Labute approximate surface area is 198 Å². The molecule has 0 spiro atoms. The molecule has 2 aromatic carbocycles. The van der Waals surface area contributed by atoms with Crippen LogP contribution in [0.25, 0.3) is 0 Å². The average molecular weight is 494 g/mol. The molecule has 0 bridgehead atoms. The van der Waals surface area contributed by atoms with E-state index in [1.807, 2.05) is 6.07 Å². The number of nitrogens with zero attached hydrogens (tertiary/aromatic N) is 2. The van der Waals surface area contributed by atoms with Gasteiger partial charge in [0.2, 0.25) is 0 Å². The molecule has 11 heteroatoms. The molecular weight excluding hydrogens is 477 g/mol. The number of amides is 1. The molecule has 1 saturated heterocycles. The molecule has 0 unspecified atom stereocenters. The lowest BCUT2D eigenvalue weighted by Crippen LogP contribution is -2.19. The fourth-order valence-corrected chi connectivity index (χ4v) is 3.80. The minimum atomic E-state index is -0.626. The van der Waals surface area contributed by atoms with E-state index in [9.17, 15) is 9.59 Å². The number of carbonyl (C=O) groups excluding carboxylic acids is 2. The van der Waals surface area contributed by atoms with Gasteiger partial charge in [-0.25, -0.2) is 4.79 Å². The molecule has 1 aliphatic heterocycles. The Morgan fingerprint density at radius 3 is 2.62 bits per heavy atom. The van der Waals surface area contributed by atoms with Gasteiger partial charge >= 0.3 is 5.97 Å². The van der Waals surface area contributed by atoms with Crippen LogP contribution in [0.5, 0.6) is 11.5 Å². The second-order valence-corrected chi connectivity index (χ2v) is 7.99. The topological polar surface area (TPSA) is 98.6 Å². The highest BCUT2D eigenvalue weighted by atomic mass is 35.5. The lowest BCUT2D eigenvalue weighted by atomic mass is 10.1. The molecule has 0 radical (unpaired) electrons. The predicted molar refractivity (Wildman–Crippen MR) is 125 cm³/mol. The van der Waals surface area contributed by atoms with E-state index in [2.05, 4.69) is 20.3 Å². The van der Waals surface area contributed by atoms with Gasteiger partial charge in [-0.1, -0.05) is 29.3 Å². The maximum atomic E-state index is 11.8. The third kappa shape index (κ3) is 6.03. The highest BCUT2D eigenvalue weighted by molar-refractivity contribution is 8.18. The van der Waals surface area contributed by atoms with Gasteiger partial charge in [0.25, 0.3) is 5.91 Å². The number of amidine groups is 1. The summed E-state index contributed by atoms with van der Waals surface area (Å²) in [5, 5.41) is 11.5. The number of hydrogen-bond acceptors (Lipinski definition) is 8. The molecule has 1 fully saturated rings.